The Kier molecular flexibility index (Phi) is 5.04. The van der Waals surface area contributed by atoms with Gasteiger partial charge >= 0.3 is 6.18 Å². The smallest absolute Gasteiger partial charge is 0.351 e. The first-order chi connectivity index (χ1) is 12.3. The predicted octanol–water partition coefficient (Wildman–Crippen LogP) is 3.01. The monoisotopic (exact) mass is 366 g/mol. The SMILES string of the molecule is CC1(CNC(=O)c2cccc(-n3nccc3C(F)(F)F)c2)CCNCC1. The standard InChI is InChI=1S/C18H21F3N4O/c1-17(6-9-22-10-7-17)12-23-16(26)13-3-2-4-14(11-13)25-15(5-8-24-25)18(19,20)21/h2-5,8,11,22H,6-7,9-10,12H2,1H3,(H,23,26). The first-order valence-corrected chi connectivity index (χ1v) is 8.49. The normalized spacial score (nSPS) is 17.1. The quantitative estimate of drug-likeness (QED) is 0.875. The largest absolute Gasteiger partial charge is 0.433 e. The molecule has 0 unspecified atom stereocenters. The molecule has 0 aliphatic carbocycles. The minimum absolute atomic E-state index is 0.0317. The van der Waals surface area contributed by atoms with Crippen LogP contribution in [0.15, 0.2) is 36.5 Å². The number of halogens is 3. The second kappa shape index (κ2) is 7.11. The van der Waals surface area contributed by atoms with Gasteiger partial charge in [0, 0.05) is 12.1 Å². The topological polar surface area (TPSA) is 59.0 Å². The second-order valence-corrected chi connectivity index (χ2v) is 6.92. The molecular formula is C18H21F3N4O. The summed E-state index contributed by atoms with van der Waals surface area (Å²) < 4.78 is 39.9. The lowest BCUT2D eigenvalue weighted by Crippen LogP contribution is -2.42. The zero-order valence-corrected chi connectivity index (χ0v) is 14.4. The van der Waals surface area contributed by atoms with Crippen molar-refractivity contribution in [3.05, 3.63) is 47.8 Å². The number of hydrogen-bond donors (Lipinski definition) is 2. The van der Waals surface area contributed by atoms with Crippen molar-refractivity contribution in [2.45, 2.75) is 25.9 Å². The third-order valence-electron chi connectivity index (χ3n) is 4.77. The van der Waals surface area contributed by atoms with E-state index >= 15 is 0 Å². The van der Waals surface area contributed by atoms with Crippen LogP contribution in [0.5, 0.6) is 0 Å². The van der Waals surface area contributed by atoms with E-state index in [2.05, 4.69) is 22.7 Å². The molecule has 1 aromatic heterocycles. The first kappa shape index (κ1) is 18.4. The van der Waals surface area contributed by atoms with Gasteiger partial charge < -0.3 is 10.6 Å². The van der Waals surface area contributed by atoms with Crippen molar-refractivity contribution < 1.29 is 18.0 Å². The van der Waals surface area contributed by atoms with E-state index < -0.39 is 11.9 Å². The Bertz CT molecular complexity index is 779. The van der Waals surface area contributed by atoms with Crippen LogP contribution in [-0.4, -0.2) is 35.3 Å². The molecule has 1 aromatic carbocycles. The van der Waals surface area contributed by atoms with Crippen molar-refractivity contribution >= 4 is 5.91 Å². The molecule has 1 amide bonds. The summed E-state index contributed by atoms with van der Waals surface area (Å²) in [6, 6.07) is 6.96. The van der Waals surface area contributed by atoms with Gasteiger partial charge in [0.2, 0.25) is 0 Å². The molecule has 0 radical (unpaired) electrons. The molecule has 5 nitrogen and oxygen atoms in total. The molecule has 1 aliphatic heterocycles. The Morgan fingerprint density at radius 2 is 2.04 bits per heavy atom. The Labute approximate surface area is 149 Å². The van der Waals surface area contributed by atoms with E-state index in [0.29, 0.717) is 12.1 Å². The van der Waals surface area contributed by atoms with Gasteiger partial charge in [0.25, 0.3) is 5.91 Å². The van der Waals surface area contributed by atoms with E-state index in [-0.39, 0.29) is 17.0 Å². The van der Waals surface area contributed by atoms with Crippen LogP contribution in [0.3, 0.4) is 0 Å². The van der Waals surface area contributed by atoms with Crippen LogP contribution in [0.25, 0.3) is 5.69 Å². The van der Waals surface area contributed by atoms with Crippen LogP contribution in [0.1, 0.15) is 35.8 Å². The highest BCUT2D eigenvalue weighted by Crippen LogP contribution is 2.30. The van der Waals surface area contributed by atoms with E-state index in [4.69, 9.17) is 0 Å². The first-order valence-electron chi connectivity index (χ1n) is 8.49. The Morgan fingerprint density at radius 1 is 1.31 bits per heavy atom. The highest BCUT2D eigenvalue weighted by atomic mass is 19.4. The van der Waals surface area contributed by atoms with Crippen molar-refractivity contribution in [1.29, 1.82) is 0 Å². The van der Waals surface area contributed by atoms with E-state index in [9.17, 15) is 18.0 Å². The van der Waals surface area contributed by atoms with Gasteiger partial charge in [0.15, 0.2) is 0 Å². The third-order valence-corrected chi connectivity index (χ3v) is 4.77. The van der Waals surface area contributed by atoms with E-state index in [1.807, 2.05) is 0 Å². The van der Waals surface area contributed by atoms with Crippen LogP contribution in [0, 0.1) is 5.41 Å². The molecule has 3 rings (SSSR count). The Morgan fingerprint density at radius 3 is 2.73 bits per heavy atom. The van der Waals surface area contributed by atoms with Crippen LogP contribution in [0.4, 0.5) is 13.2 Å². The van der Waals surface area contributed by atoms with Crippen molar-refractivity contribution in [1.82, 2.24) is 20.4 Å². The average molecular weight is 366 g/mol. The highest BCUT2D eigenvalue weighted by molar-refractivity contribution is 5.94. The fraction of sp³-hybridized carbons (Fsp3) is 0.444. The summed E-state index contributed by atoms with van der Waals surface area (Å²) in [6.45, 7) is 4.50. The molecular weight excluding hydrogens is 345 g/mol. The number of amides is 1. The molecule has 26 heavy (non-hydrogen) atoms. The molecule has 0 bridgehead atoms. The van der Waals surface area contributed by atoms with Gasteiger partial charge in [-0.2, -0.15) is 18.3 Å². The predicted molar refractivity (Wildman–Crippen MR) is 91.1 cm³/mol. The van der Waals surface area contributed by atoms with Crippen molar-refractivity contribution in [3.63, 3.8) is 0 Å². The fourth-order valence-corrected chi connectivity index (χ4v) is 3.11. The second-order valence-electron chi connectivity index (χ2n) is 6.92. The van der Waals surface area contributed by atoms with Gasteiger partial charge in [-0.15, -0.1) is 0 Å². The van der Waals surface area contributed by atoms with Crippen LogP contribution >= 0.6 is 0 Å². The van der Waals surface area contributed by atoms with E-state index in [0.717, 1.165) is 42.9 Å². The van der Waals surface area contributed by atoms with Gasteiger partial charge in [-0.3, -0.25) is 4.79 Å². The number of aromatic nitrogens is 2. The van der Waals surface area contributed by atoms with Crippen LogP contribution < -0.4 is 10.6 Å². The van der Waals surface area contributed by atoms with Gasteiger partial charge in [0.05, 0.1) is 11.9 Å². The highest BCUT2D eigenvalue weighted by Gasteiger charge is 2.35. The molecule has 0 spiro atoms. The molecule has 1 aliphatic rings. The summed E-state index contributed by atoms with van der Waals surface area (Å²) in [5, 5.41) is 9.94. The maximum absolute atomic E-state index is 13.1. The number of alkyl halides is 3. The number of benzene rings is 1. The number of carbonyl (C=O) groups excluding carboxylic acids is 1. The minimum atomic E-state index is -4.52. The summed E-state index contributed by atoms with van der Waals surface area (Å²) in [6.07, 6.45) is -1.49. The average Bonchev–Trinajstić information content (AvgIpc) is 3.11. The van der Waals surface area contributed by atoms with E-state index in [1.165, 1.54) is 12.1 Å². The van der Waals surface area contributed by atoms with Crippen molar-refractivity contribution in [3.8, 4) is 5.69 Å². The Hall–Kier alpha value is -2.35. The molecule has 0 saturated carbocycles. The van der Waals surface area contributed by atoms with Gasteiger partial charge in [-0.1, -0.05) is 13.0 Å². The molecule has 1 fully saturated rings. The number of nitrogens with one attached hydrogen (secondary N) is 2. The van der Waals surface area contributed by atoms with Gasteiger partial charge in [0.1, 0.15) is 5.69 Å². The maximum atomic E-state index is 13.1. The molecule has 2 aromatic rings. The summed E-state index contributed by atoms with van der Waals surface area (Å²) in [5.74, 6) is -0.299. The fourth-order valence-electron chi connectivity index (χ4n) is 3.11. The minimum Gasteiger partial charge on any atom is -0.351 e. The van der Waals surface area contributed by atoms with Crippen molar-refractivity contribution in [2.24, 2.45) is 5.41 Å². The third kappa shape index (κ3) is 4.07. The van der Waals surface area contributed by atoms with Crippen molar-refractivity contribution in [2.75, 3.05) is 19.6 Å². The molecule has 0 atom stereocenters. The summed E-state index contributed by atoms with van der Waals surface area (Å²) in [5.41, 5.74) is -0.340. The van der Waals surface area contributed by atoms with Gasteiger partial charge in [-0.05, 0) is 55.6 Å². The number of rotatable bonds is 4. The zero-order valence-electron chi connectivity index (χ0n) is 14.4. The number of piperidine rings is 1. The van der Waals surface area contributed by atoms with Crippen LogP contribution in [-0.2, 0) is 6.18 Å². The summed E-state index contributed by atoms with van der Waals surface area (Å²) in [7, 11) is 0. The zero-order chi connectivity index (χ0) is 18.8. The molecule has 2 heterocycles. The lowest BCUT2D eigenvalue weighted by molar-refractivity contribution is -0.142. The lowest BCUT2D eigenvalue weighted by Gasteiger charge is -2.34. The molecule has 1 saturated heterocycles. The lowest BCUT2D eigenvalue weighted by atomic mass is 9.81. The van der Waals surface area contributed by atoms with Gasteiger partial charge in [-0.25, -0.2) is 4.68 Å². The molecule has 2 N–H and O–H groups in total. The maximum Gasteiger partial charge on any atom is 0.433 e. The molecule has 8 heteroatoms. The Balaban J connectivity index is 1.75. The number of carbonyl (C=O) groups is 1. The van der Waals surface area contributed by atoms with Crippen LogP contribution in [0.2, 0.25) is 0 Å². The number of hydrogen-bond acceptors (Lipinski definition) is 3. The van der Waals surface area contributed by atoms with E-state index in [1.54, 1.807) is 12.1 Å². The summed E-state index contributed by atoms with van der Waals surface area (Å²) >= 11 is 0. The molecule has 140 valence electrons. The summed E-state index contributed by atoms with van der Waals surface area (Å²) in [4.78, 5) is 12.5. The number of nitrogens with zero attached hydrogens (tertiary/aromatic N) is 2.